The minimum absolute atomic E-state index is 0.0576. The van der Waals surface area contributed by atoms with Gasteiger partial charge in [-0.05, 0) is 51.0 Å². The van der Waals surface area contributed by atoms with Gasteiger partial charge < -0.3 is 4.90 Å². The van der Waals surface area contributed by atoms with Gasteiger partial charge in [0.1, 0.15) is 5.82 Å². The molecule has 0 aliphatic carbocycles. The maximum absolute atomic E-state index is 12.9. The molecule has 0 aliphatic heterocycles. The molecule has 1 aromatic rings. The van der Waals surface area contributed by atoms with Gasteiger partial charge in [-0.25, -0.2) is 4.39 Å². The smallest absolute Gasteiger partial charge is 0.123 e. The summed E-state index contributed by atoms with van der Waals surface area (Å²) in [5.74, 6) is 0.409. The third-order valence-corrected chi connectivity index (χ3v) is 2.50. The van der Waals surface area contributed by atoms with Crippen LogP contribution in [-0.2, 0) is 0 Å². The summed E-state index contributed by atoms with van der Waals surface area (Å²) in [4.78, 5) is 2.32. The fourth-order valence-electron chi connectivity index (χ4n) is 1.75. The van der Waals surface area contributed by atoms with Crippen LogP contribution in [0.1, 0.15) is 34.6 Å². The largest absolute Gasteiger partial charge is 0.366 e. The summed E-state index contributed by atoms with van der Waals surface area (Å²) < 4.78 is 12.9. The van der Waals surface area contributed by atoms with E-state index in [4.69, 9.17) is 0 Å². The summed E-state index contributed by atoms with van der Waals surface area (Å²) in [6, 6.07) is 6.74. The highest BCUT2D eigenvalue weighted by Gasteiger charge is 2.22. The maximum Gasteiger partial charge on any atom is 0.123 e. The first-order chi connectivity index (χ1) is 7.30. The van der Waals surface area contributed by atoms with E-state index in [0.717, 1.165) is 12.2 Å². The number of hydrogen-bond donors (Lipinski definition) is 0. The van der Waals surface area contributed by atoms with Gasteiger partial charge in [-0.2, -0.15) is 0 Å². The Morgan fingerprint density at radius 1 is 1.12 bits per heavy atom. The second-order valence-corrected chi connectivity index (χ2v) is 5.65. The van der Waals surface area contributed by atoms with Gasteiger partial charge in [0.25, 0.3) is 0 Å². The third kappa shape index (κ3) is 3.51. The molecule has 0 saturated heterocycles. The number of halogens is 1. The lowest BCUT2D eigenvalue weighted by molar-refractivity contribution is 0.463. The molecular weight excluding hydrogens is 201 g/mol. The summed E-state index contributed by atoms with van der Waals surface area (Å²) >= 11 is 0. The topological polar surface area (TPSA) is 3.24 Å². The summed E-state index contributed by atoms with van der Waals surface area (Å²) in [7, 11) is 0. The van der Waals surface area contributed by atoms with E-state index in [0.29, 0.717) is 5.92 Å². The van der Waals surface area contributed by atoms with Crippen LogP contribution in [0.15, 0.2) is 24.3 Å². The van der Waals surface area contributed by atoms with Crippen LogP contribution < -0.4 is 4.90 Å². The maximum atomic E-state index is 12.9. The van der Waals surface area contributed by atoms with Crippen molar-refractivity contribution in [2.45, 2.75) is 40.2 Å². The molecule has 2 heteroatoms. The molecule has 90 valence electrons. The number of anilines is 1. The lowest BCUT2D eigenvalue weighted by Gasteiger charge is -2.39. The van der Waals surface area contributed by atoms with Crippen molar-refractivity contribution >= 4 is 5.69 Å². The highest BCUT2D eigenvalue weighted by atomic mass is 19.1. The number of nitrogens with zero attached hydrogens (tertiary/aromatic N) is 1. The average molecular weight is 223 g/mol. The summed E-state index contributed by atoms with van der Waals surface area (Å²) in [5, 5.41) is 0. The molecule has 0 fully saturated rings. The monoisotopic (exact) mass is 223 g/mol. The number of rotatable bonds is 3. The first-order valence-corrected chi connectivity index (χ1v) is 5.84. The molecule has 1 nitrogen and oxygen atoms in total. The lowest BCUT2D eigenvalue weighted by Crippen LogP contribution is -2.43. The zero-order valence-corrected chi connectivity index (χ0v) is 10.9. The lowest BCUT2D eigenvalue weighted by atomic mass is 10.0. The first kappa shape index (κ1) is 13.0. The van der Waals surface area contributed by atoms with Crippen LogP contribution in [-0.4, -0.2) is 12.1 Å². The zero-order chi connectivity index (χ0) is 12.3. The first-order valence-electron chi connectivity index (χ1n) is 5.84. The standard InChI is InChI=1S/C14H22FN/c1-11(2)10-16(14(3,4)5)13-8-6-12(15)7-9-13/h6-9,11H,10H2,1-5H3. The van der Waals surface area contributed by atoms with E-state index in [9.17, 15) is 4.39 Å². The molecule has 0 unspecified atom stereocenters. The third-order valence-electron chi connectivity index (χ3n) is 2.50. The van der Waals surface area contributed by atoms with E-state index in [2.05, 4.69) is 39.5 Å². The molecule has 0 heterocycles. The van der Waals surface area contributed by atoms with Crippen molar-refractivity contribution in [3.8, 4) is 0 Å². The van der Waals surface area contributed by atoms with Crippen LogP contribution in [0.25, 0.3) is 0 Å². The second-order valence-electron chi connectivity index (χ2n) is 5.65. The Morgan fingerprint density at radius 3 is 2.00 bits per heavy atom. The summed E-state index contributed by atoms with van der Waals surface area (Å²) in [5.41, 5.74) is 1.14. The van der Waals surface area contributed by atoms with Crippen molar-refractivity contribution < 1.29 is 4.39 Å². The molecular formula is C14H22FN. The van der Waals surface area contributed by atoms with Gasteiger partial charge in [-0.1, -0.05) is 13.8 Å². The van der Waals surface area contributed by atoms with E-state index < -0.39 is 0 Å². The molecule has 0 amide bonds. The molecule has 0 radical (unpaired) electrons. The Bertz CT molecular complexity index is 322. The zero-order valence-electron chi connectivity index (χ0n) is 10.9. The molecule has 1 rings (SSSR count). The van der Waals surface area contributed by atoms with Gasteiger partial charge in [0, 0.05) is 17.8 Å². The van der Waals surface area contributed by atoms with Gasteiger partial charge in [0.2, 0.25) is 0 Å². The molecule has 0 N–H and O–H groups in total. The van der Waals surface area contributed by atoms with Crippen LogP contribution in [0.5, 0.6) is 0 Å². The minimum atomic E-state index is -0.179. The van der Waals surface area contributed by atoms with E-state index in [1.54, 1.807) is 0 Å². The Labute approximate surface area is 98.3 Å². The Balaban J connectivity index is 2.97. The number of hydrogen-bond acceptors (Lipinski definition) is 1. The van der Waals surface area contributed by atoms with E-state index in [-0.39, 0.29) is 11.4 Å². The minimum Gasteiger partial charge on any atom is -0.366 e. The average Bonchev–Trinajstić information content (AvgIpc) is 2.14. The molecule has 0 spiro atoms. The molecule has 0 aliphatic rings. The Hall–Kier alpha value is -1.05. The van der Waals surface area contributed by atoms with Crippen LogP contribution in [0.4, 0.5) is 10.1 Å². The number of benzene rings is 1. The fourth-order valence-corrected chi connectivity index (χ4v) is 1.75. The van der Waals surface area contributed by atoms with Gasteiger partial charge in [-0.15, -0.1) is 0 Å². The molecule has 0 aromatic heterocycles. The molecule has 0 atom stereocenters. The Kier molecular flexibility index (Phi) is 3.95. The van der Waals surface area contributed by atoms with Crippen molar-refractivity contribution in [3.05, 3.63) is 30.1 Å². The van der Waals surface area contributed by atoms with E-state index in [1.807, 2.05) is 12.1 Å². The van der Waals surface area contributed by atoms with E-state index in [1.165, 1.54) is 12.1 Å². The molecule has 1 aromatic carbocycles. The van der Waals surface area contributed by atoms with Crippen molar-refractivity contribution in [3.63, 3.8) is 0 Å². The van der Waals surface area contributed by atoms with Crippen molar-refractivity contribution in [1.82, 2.24) is 0 Å². The predicted octanol–water partition coefficient (Wildman–Crippen LogP) is 4.09. The van der Waals surface area contributed by atoms with Crippen LogP contribution in [0.2, 0.25) is 0 Å². The van der Waals surface area contributed by atoms with Crippen LogP contribution in [0, 0.1) is 11.7 Å². The van der Waals surface area contributed by atoms with Crippen molar-refractivity contribution in [1.29, 1.82) is 0 Å². The van der Waals surface area contributed by atoms with Crippen LogP contribution in [0.3, 0.4) is 0 Å². The summed E-state index contributed by atoms with van der Waals surface area (Å²) in [6.07, 6.45) is 0. The van der Waals surface area contributed by atoms with Crippen LogP contribution >= 0.6 is 0 Å². The van der Waals surface area contributed by atoms with Crippen molar-refractivity contribution in [2.24, 2.45) is 5.92 Å². The molecule has 16 heavy (non-hydrogen) atoms. The van der Waals surface area contributed by atoms with Crippen molar-refractivity contribution in [2.75, 3.05) is 11.4 Å². The van der Waals surface area contributed by atoms with Gasteiger partial charge in [0.05, 0.1) is 0 Å². The van der Waals surface area contributed by atoms with Gasteiger partial charge >= 0.3 is 0 Å². The summed E-state index contributed by atoms with van der Waals surface area (Å²) in [6.45, 7) is 11.9. The highest BCUT2D eigenvalue weighted by Crippen LogP contribution is 2.25. The SMILES string of the molecule is CC(C)CN(c1ccc(F)cc1)C(C)(C)C. The fraction of sp³-hybridized carbons (Fsp3) is 0.571. The van der Waals surface area contributed by atoms with Gasteiger partial charge in [0.15, 0.2) is 0 Å². The normalized spacial score (nSPS) is 11.9. The quantitative estimate of drug-likeness (QED) is 0.746. The molecule has 0 saturated carbocycles. The van der Waals surface area contributed by atoms with E-state index >= 15 is 0 Å². The molecule has 0 bridgehead atoms. The second kappa shape index (κ2) is 4.86. The predicted molar refractivity (Wildman–Crippen MR) is 68.3 cm³/mol. The Morgan fingerprint density at radius 2 is 1.62 bits per heavy atom. The highest BCUT2D eigenvalue weighted by molar-refractivity contribution is 5.48. The van der Waals surface area contributed by atoms with Gasteiger partial charge in [-0.3, -0.25) is 0 Å².